The number of urea groups is 1. The first kappa shape index (κ1) is 19.3. The number of carbonyl (C=O) groups excluding carboxylic acids is 1. The van der Waals surface area contributed by atoms with E-state index in [2.05, 4.69) is 15.6 Å². The zero-order chi connectivity index (χ0) is 19.9. The van der Waals surface area contributed by atoms with Crippen molar-refractivity contribution in [2.45, 2.75) is 6.04 Å². The molecule has 2 aromatic rings. The lowest BCUT2D eigenvalue weighted by Crippen LogP contribution is -2.59. The van der Waals surface area contributed by atoms with Gasteiger partial charge in [-0.2, -0.15) is 0 Å². The molecule has 0 aliphatic carbocycles. The van der Waals surface area contributed by atoms with Gasteiger partial charge in [-0.15, -0.1) is 0 Å². The average Bonchev–Trinajstić information content (AvgIpc) is 2.73. The number of nitrogens with one attached hydrogen (secondary N) is 2. The molecule has 3 amide bonds. The van der Waals surface area contributed by atoms with E-state index in [1.54, 1.807) is 54.7 Å². The van der Waals surface area contributed by atoms with Crippen molar-refractivity contribution in [1.29, 1.82) is 0 Å². The number of carbonyl (C=O) groups is 2. The van der Waals surface area contributed by atoms with Crippen molar-refractivity contribution in [3.05, 3.63) is 48.8 Å². The number of pyridine rings is 1. The largest absolute Gasteiger partial charge is 0.497 e. The number of rotatable bonds is 5. The fourth-order valence-electron chi connectivity index (χ4n) is 3.04. The Bertz CT molecular complexity index is 800. The third-order valence-corrected chi connectivity index (χ3v) is 4.56. The average molecular weight is 385 g/mol. The lowest BCUT2D eigenvalue weighted by atomic mass is 10.1. The van der Waals surface area contributed by atoms with Gasteiger partial charge in [0, 0.05) is 44.3 Å². The van der Waals surface area contributed by atoms with E-state index in [0.29, 0.717) is 24.5 Å². The summed E-state index contributed by atoms with van der Waals surface area (Å²) in [5, 5.41) is 15.4. The summed E-state index contributed by atoms with van der Waals surface area (Å²) in [6.45, 7) is 1.23. The Morgan fingerprint density at radius 1 is 1.21 bits per heavy atom. The van der Waals surface area contributed by atoms with Crippen LogP contribution in [0.4, 0.5) is 21.0 Å². The summed E-state index contributed by atoms with van der Waals surface area (Å²) in [5.41, 5.74) is 1.45. The molecule has 1 atom stereocenters. The summed E-state index contributed by atoms with van der Waals surface area (Å²) in [6, 6.07) is 10.1. The van der Waals surface area contributed by atoms with E-state index in [0.717, 1.165) is 5.69 Å². The molecule has 1 aromatic carbocycles. The van der Waals surface area contributed by atoms with E-state index in [9.17, 15) is 14.7 Å². The van der Waals surface area contributed by atoms with E-state index < -0.39 is 6.09 Å². The van der Waals surface area contributed by atoms with Crippen molar-refractivity contribution in [2.24, 2.45) is 0 Å². The first-order valence-electron chi connectivity index (χ1n) is 8.90. The highest BCUT2D eigenvalue weighted by atomic mass is 16.5. The van der Waals surface area contributed by atoms with Crippen LogP contribution in [0.1, 0.15) is 0 Å². The summed E-state index contributed by atoms with van der Waals surface area (Å²) in [4.78, 5) is 31.2. The van der Waals surface area contributed by atoms with Crippen molar-refractivity contribution in [3.8, 4) is 5.75 Å². The fourth-order valence-corrected chi connectivity index (χ4v) is 3.04. The number of carboxylic acid groups (broad SMARTS) is 1. The molecule has 1 saturated heterocycles. The number of piperazine rings is 1. The zero-order valence-electron chi connectivity index (χ0n) is 15.5. The molecule has 1 fully saturated rings. The maximum Gasteiger partial charge on any atom is 0.407 e. The normalized spacial score (nSPS) is 16.4. The molecule has 9 heteroatoms. The Balaban J connectivity index is 1.67. The predicted molar refractivity (Wildman–Crippen MR) is 105 cm³/mol. The molecular weight excluding hydrogens is 362 g/mol. The van der Waals surface area contributed by atoms with Crippen molar-refractivity contribution in [3.63, 3.8) is 0 Å². The van der Waals surface area contributed by atoms with Crippen molar-refractivity contribution < 1.29 is 19.4 Å². The van der Waals surface area contributed by atoms with Gasteiger partial charge in [-0.05, 0) is 36.4 Å². The molecule has 0 spiro atoms. The quantitative estimate of drug-likeness (QED) is 0.730. The Labute approximate surface area is 162 Å². The van der Waals surface area contributed by atoms with Crippen LogP contribution in [0.15, 0.2) is 48.8 Å². The molecule has 3 N–H and O–H groups in total. The number of amides is 3. The summed E-state index contributed by atoms with van der Waals surface area (Å²) in [6.07, 6.45) is 2.37. The Morgan fingerprint density at radius 2 is 2.00 bits per heavy atom. The molecule has 0 saturated carbocycles. The van der Waals surface area contributed by atoms with E-state index >= 15 is 0 Å². The zero-order valence-corrected chi connectivity index (χ0v) is 15.5. The number of aromatic nitrogens is 1. The topological polar surface area (TPSA) is 107 Å². The third kappa shape index (κ3) is 4.81. The Hall–Kier alpha value is -3.49. The first-order chi connectivity index (χ1) is 13.6. The highest BCUT2D eigenvalue weighted by molar-refractivity contribution is 5.89. The molecular formula is C19H23N5O4. The van der Waals surface area contributed by atoms with E-state index in [1.807, 2.05) is 6.07 Å². The minimum absolute atomic E-state index is 0.235. The summed E-state index contributed by atoms with van der Waals surface area (Å²) in [7, 11) is 1.58. The maximum atomic E-state index is 12.8. The smallest absolute Gasteiger partial charge is 0.407 e. The minimum atomic E-state index is -0.985. The second kappa shape index (κ2) is 8.94. The minimum Gasteiger partial charge on any atom is -0.497 e. The summed E-state index contributed by atoms with van der Waals surface area (Å²) in [5.74, 6) is 0.701. The van der Waals surface area contributed by atoms with Gasteiger partial charge in [-0.1, -0.05) is 0 Å². The van der Waals surface area contributed by atoms with Gasteiger partial charge in [0.25, 0.3) is 0 Å². The molecule has 2 heterocycles. The fraction of sp³-hybridized carbons (Fsp3) is 0.316. The highest BCUT2D eigenvalue weighted by Gasteiger charge is 2.32. The van der Waals surface area contributed by atoms with E-state index in [1.165, 1.54) is 4.90 Å². The molecule has 0 radical (unpaired) electrons. The molecule has 0 bridgehead atoms. The molecule has 3 rings (SSSR count). The number of hydrogen-bond donors (Lipinski definition) is 3. The van der Waals surface area contributed by atoms with Crippen LogP contribution in [0.2, 0.25) is 0 Å². The number of nitrogens with zero attached hydrogens (tertiary/aromatic N) is 3. The van der Waals surface area contributed by atoms with Crippen molar-refractivity contribution in [2.75, 3.05) is 43.9 Å². The van der Waals surface area contributed by atoms with Gasteiger partial charge in [0.15, 0.2) is 0 Å². The van der Waals surface area contributed by atoms with E-state index in [4.69, 9.17) is 4.74 Å². The molecule has 1 aliphatic rings. The van der Waals surface area contributed by atoms with Gasteiger partial charge in [0.1, 0.15) is 5.75 Å². The lowest BCUT2D eigenvalue weighted by Gasteiger charge is -2.40. The van der Waals surface area contributed by atoms with Crippen LogP contribution in [0.3, 0.4) is 0 Å². The molecule has 1 aliphatic heterocycles. The monoisotopic (exact) mass is 385 g/mol. The van der Waals surface area contributed by atoms with Crippen LogP contribution in [0.25, 0.3) is 0 Å². The number of hydrogen-bond acceptors (Lipinski definition) is 5. The molecule has 28 heavy (non-hydrogen) atoms. The number of methoxy groups -OCH3 is 1. The van der Waals surface area contributed by atoms with Gasteiger partial charge >= 0.3 is 12.1 Å². The Kier molecular flexibility index (Phi) is 6.15. The summed E-state index contributed by atoms with van der Waals surface area (Å²) >= 11 is 0. The second-order valence-electron chi connectivity index (χ2n) is 6.36. The van der Waals surface area contributed by atoms with Crippen LogP contribution < -0.4 is 15.4 Å². The first-order valence-corrected chi connectivity index (χ1v) is 8.90. The van der Waals surface area contributed by atoms with E-state index in [-0.39, 0.29) is 25.2 Å². The summed E-state index contributed by atoms with van der Waals surface area (Å²) < 4.78 is 5.12. The predicted octanol–water partition coefficient (Wildman–Crippen LogP) is 2.40. The highest BCUT2D eigenvalue weighted by Crippen LogP contribution is 2.18. The second-order valence-corrected chi connectivity index (χ2v) is 6.36. The standard InChI is InChI=1S/C19H23N5O4/c1-28-17-6-4-14(5-7-17)22-18(25)24-10-9-23(19(26)27)13-16(24)12-21-15-3-2-8-20-11-15/h2-8,11,16,21H,9-10,12-13H2,1H3,(H,22,25)(H,26,27). The third-order valence-electron chi connectivity index (χ3n) is 4.56. The van der Waals surface area contributed by atoms with Crippen molar-refractivity contribution >= 4 is 23.5 Å². The van der Waals surface area contributed by atoms with Crippen LogP contribution in [-0.2, 0) is 0 Å². The van der Waals surface area contributed by atoms with Gasteiger partial charge in [-0.3, -0.25) is 4.98 Å². The van der Waals surface area contributed by atoms with Crippen LogP contribution in [0, 0.1) is 0 Å². The SMILES string of the molecule is COc1ccc(NC(=O)N2CCN(C(=O)O)CC2CNc2cccnc2)cc1. The van der Waals surface area contributed by atoms with Crippen LogP contribution >= 0.6 is 0 Å². The lowest BCUT2D eigenvalue weighted by molar-refractivity contribution is 0.0906. The van der Waals surface area contributed by atoms with Gasteiger partial charge in [0.2, 0.25) is 0 Å². The molecule has 148 valence electrons. The van der Waals surface area contributed by atoms with Gasteiger partial charge in [0.05, 0.1) is 18.8 Å². The number of benzene rings is 1. The molecule has 1 unspecified atom stereocenters. The van der Waals surface area contributed by atoms with Gasteiger partial charge < -0.3 is 30.3 Å². The number of anilines is 2. The van der Waals surface area contributed by atoms with Gasteiger partial charge in [-0.25, -0.2) is 9.59 Å². The molecule has 1 aromatic heterocycles. The maximum absolute atomic E-state index is 12.8. The van der Waals surface area contributed by atoms with Crippen LogP contribution in [0.5, 0.6) is 5.75 Å². The Morgan fingerprint density at radius 3 is 2.64 bits per heavy atom. The molecule has 9 nitrogen and oxygen atoms in total. The van der Waals surface area contributed by atoms with Crippen molar-refractivity contribution in [1.82, 2.24) is 14.8 Å². The number of ether oxygens (including phenoxy) is 1. The van der Waals surface area contributed by atoms with Crippen LogP contribution in [-0.4, -0.2) is 71.3 Å².